The van der Waals surface area contributed by atoms with Crippen LogP contribution in [0.25, 0.3) is 0 Å². The Balaban J connectivity index is 2.23. The fourth-order valence-corrected chi connectivity index (χ4v) is 3.24. The van der Waals surface area contributed by atoms with Crippen molar-refractivity contribution in [2.75, 3.05) is 24.6 Å². The quantitative estimate of drug-likeness (QED) is 0.548. The lowest BCUT2D eigenvalue weighted by atomic mass is 9.95. The monoisotopic (exact) mass is 400 g/mol. The molecular formula is C22H28N2O5. The van der Waals surface area contributed by atoms with Crippen LogP contribution in [0.4, 0.5) is 5.69 Å². The zero-order chi connectivity index (χ0) is 21.6. The fraction of sp³-hybridized carbons (Fsp3) is 0.409. The minimum atomic E-state index is -1.23. The molecule has 2 aromatic carbocycles. The van der Waals surface area contributed by atoms with E-state index < -0.39 is 17.8 Å². The number of nitrogens with zero attached hydrogens (tertiary/aromatic N) is 2. The Morgan fingerprint density at radius 3 is 2.34 bits per heavy atom. The summed E-state index contributed by atoms with van der Waals surface area (Å²) in [4.78, 5) is 24.7. The summed E-state index contributed by atoms with van der Waals surface area (Å²) in [5, 5.41) is 22.0. The van der Waals surface area contributed by atoms with Crippen LogP contribution in [0, 0.1) is 4.91 Å². The summed E-state index contributed by atoms with van der Waals surface area (Å²) >= 11 is 0. The number of aromatic hydroxyl groups is 1. The van der Waals surface area contributed by atoms with E-state index in [9.17, 15) is 14.8 Å². The van der Waals surface area contributed by atoms with Gasteiger partial charge < -0.3 is 19.8 Å². The fourth-order valence-electron chi connectivity index (χ4n) is 3.24. The van der Waals surface area contributed by atoms with Crippen LogP contribution in [-0.2, 0) is 0 Å². The van der Waals surface area contributed by atoms with Gasteiger partial charge >= 0.3 is 5.97 Å². The van der Waals surface area contributed by atoms with Crippen molar-refractivity contribution in [1.82, 2.24) is 0 Å². The van der Waals surface area contributed by atoms with Crippen LogP contribution in [0.3, 0.4) is 0 Å². The molecule has 0 aromatic heterocycles. The molecule has 0 fully saturated rings. The molecule has 0 aliphatic heterocycles. The molecule has 0 saturated carbocycles. The molecule has 156 valence electrons. The van der Waals surface area contributed by atoms with Crippen LogP contribution in [0.15, 0.2) is 41.6 Å². The van der Waals surface area contributed by atoms with E-state index in [-0.39, 0.29) is 23.8 Å². The summed E-state index contributed by atoms with van der Waals surface area (Å²) in [5.74, 6) is -1.07. The van der Waals surface area contributed by atoms with Crippen molar-refractivity contribution in [1.29, 1.82) is 0 Å². The Morgan fingerprint density at radius 2 is 1.83 bits per heavy atom. The maximum atomic E-state index is 11.5. The molecule has 0 radical (unpaired) electrons. The SMILES string of the molecule is CCN(CC)c1ccc(C(COc2ccc(C(=O)O)c(O)c2)N=O)cc1C(C)C. The number of phenols is 1. The molecule has 2 rings (SSSR count). The number of benzene rings is 2. The second-order valence-corrected chi connectivity index (χ2v) is 7.06. The van der Waals surface area contributed by atoms with Gasteiger partial charge in [-0.1, -0.05) is 31.2 Å². The largest absolute Gasteiger partial charge is 0.507 e. The smallest absolute Gasteiger partial charge is 0.339 e. The summed E-state index contributed by atoms with van der Waals surface area (Å²) in [6.07, 6.45) is 0. The van der Waals surface area contributed by atoms with Crippen LogP contribution in [0.2, 0.25) is 0 Å². The van der Waals surface area contributed by atoms with Gasteiger partial charge in [0, 0.05) is 24.8 Å². The van der Waals surface area contributed by atoms with E-state index >= 15 is 0 Å². The first-order chi connectivity index (χ1) is 13.8. The normalized spacial score (nSPS) is 11.9. The van der Waals surface area contributed by atoms with E-state index in [0.29, 0.717) is 0 Å². The van der Waals surface area contributed by atoms with E-state index in [0.717, 1.165) is 29.9 Å². The summed E-state index contributed by atoms with van der Waals surface area (Å²) in [6, 6.07) is 9.09. The van der Waals surface area contributed by atoms with E-state index in [4.69, 9.17) is 9.84 Å². The Labute approximate surface area is 170 Å². The molecule has 0 saturated heterocycles. The van der Waals surface area contributed by atoms with Crippen LogP contribution < -0.4 is 9.64 Å². The first kappa shape index (κ1) is 22.2. The number of hydrogen-bond donors (Lipinski definition) is 2. The lowest BCUT2D eigenvalue weighted by molar-refractivity contribution is 0.0693. The van der Waals surface area contributed by atoms with Crippen molar-refractivity contribution < 1.29 is 19.7 Å². The number of carboxylic acids is 1. The third-order valence-electron chi connectivity index (χ3n) is 4.90. The molecule has 0 amide bonds. The molecule has 0 aliphatic carbocycles. The van der Waals surface area contributed by atoms with Crippen molar-refractivity contribution in [2.24, 2.45) is 5.18 Å². The Kier molecular flexibility index (Phi) is 7.59. The number of nitroso groups, excluding NO2 is 1. The van der Waals surface area contributed by atoms with Crippen LogP contribution in [0.1, 0.15) is 61.1 Å². The highest BCUT2D eigenvalue weighted by molar-refractivity contribution is 5.90. The van der Waals surface area contributed by atoms with E-state index in [2.05, 4.69) is 37.8 Å². The third kappa shape index (κ3) is 5.25. The van der Waals surface area contributed by atoms with Gasteiger partial charge in [-0.2, -0.15) is 4.91 Å². The number of hydrogen-bond acceptors (Lipinski definition) is 6. The van der Waals surface area contributed by atoms with Crippen molar-refractivity contribution in [2.45, 2.75) is 39.7 Å². The van der Waals surface area contributed by atoms with Gasteiger partial charge in [0.15, 0.2) is 6.04 Å². The highest BCUT2D eigenvalue weighted by atomic mass is 16.5. The van der Waals surface area contributed by atoms with Gasteiger partial charge in [-0.05, 0) is 49.1 Å². The molecule has 1 unspecified atom stereocenters. The second-order valence-electron chi connectivity index (χ2n) is 7.06. The Hall–Kier alpha value is -3.09. The highest BCUT2D eigenvalue weighted by Gasteiger charge is 2.19. The molecule has 7 heteroatoms. The Bertz CT molecular complexity index is 862. The van der Waals surface area contributed by atoms with Gasteiger partial charge in [0.2, 0.25) is 0 Å². The molecule has 7 nitrogen and oxygen atoms in total. The minimum Gasteiger partial charge on any atom is -0.507 e. The van der Waals surface area contributed by atoms with Crippen molar-refractivity contribution in [3.05, 3.63) is 58.0 Å². The summed E-state index contributed by atoms with van der Waals surface area (Å²) in [6.45, 7) is 10.2. The summed E-state index contributed by atoms with van der Waals surface area (Å²) < 4.78 is 5.59. The zero-order valence-electron chi connectivity index (χ0n) is 17.3. The number of carboxylic acid groups (broad SMARTS) is 1. The molecule has 29 heavy (non-hydrogen) atoms. The number of anilines is 1. The van der Waals surface area contributed by atoms with Crippen molar-refractivity contribution in [3.63, 3.8) is 0 Å². The lowest BCUT2D eigenvalue weighted by Gasteiger charge is -2.26. The second kappa shape index (κ2) is 9.91. The number of ether oxygens (including phenoxy) is 1. The van der Waals surface area contributed by atoms with Crippen LogP contribution in [-0.4, -0.2) is 35.9 Å². The first-order valence-electron chi connectivity index (χ1n) is 9.72. The standard InChI is InChI=1S/C22H28N2O5/c1-5-24(6-2)20-10-7-15(11-18(20)14(3)4)19(23-28)13-29-16-8-9-17(22(26)27)21(25)12-16/h7-12,14,19,25H,5-6,13H2,1-4H3,(H,26,27). The van der Waals surface area contributed by atoms with Gasteiger partial charge in [-0.3, -0.25) is 0 Å². The van der Waals surface area contributed by atoms with Crippen LogP contribution >= 0.6 is 0 Å². The Morgan fingerprint density at radius 1 is 1.14 bits per heavy atom. The predicted molar refractivity (Wildman–Crippen MR) is 113 cm³/mol. The van der Waals surface area contributed by atoms with Gasteiger partial charge in [-0.15, -0.1) is 0 Å². The van der Waals surface area contributed by atoms with E-state index in [1.165, 1.54) is 18.2 Å². The van der Waals surface area contributed by atoms with E-state index in [1.54, 1.807) is 0 Å². The highest BCUT2D eigenvalue weighted by Crippen LogP contribution is 2.32. The van der Waals surface area contributed by atoms with Gasteiger partial charge in [0.1, 0.15) is 23.7 Å². The third-order valence-corrected chi connectivity index (χ3v) is 4.90. The minimum absolute atomic E-state index is 0.0164. The van der Waals surface area contributed by atoms with Crippen molar-refractivity contribution in [3.8, 4) is 11.5 Å². The topological polar surface area (TPSA) is 99.4 Å². The number of aromatic carboxylic acids is 1. The van der Waals surface area contributed by atoms with Crippen molar-refractivity contribution >= 4 is 11.7 Å². The average molecular weight is 400 g/mol. The van der Waals surface area contributed by atoms with Crippen LogP contribution in [0.5, 0.6) is 11.5 Å². The maximum absolute atomic E-state index is 11.5. The van der Waals surface area contributed by atoms with Gasteiger partial charge in [0.05, 0.1) is 0 Å². The average Bonchev–Trinajstić information content (AvgIpc) is 2.69. The number of rotatable bonds is 10. The molecular weight excluding hydrogens is 372 g/mol. The zero-order valence-corrected chi connectivity index (χ0v) is 17.3. The number of carbonyl (C=O) groups is 1. The molecule has 2 N–H and O–H groups in total. The first-order valence-corrected chi connectivity index (χ1v) is 9.72. The molecule has 2 aromatic rings. The predicted octanol–water partition coefficient (Wildman–Crippen LogP) is 4.95. The van der Waals surface area contributed by atoms with Gasteiger partial charge in [0.25, 0.3) is 0 Å². The molecule has 0 heterocycles. The molecule has 0 spiro atoms. The molecule has 0 bridgehead atoms. The summed E-state index contributed by atoms with van der Waals surface area (Å²) in [7, 11) is 0. The van der Waals surface area contributed by atoms with Gasteiger partial charge in [-0.25, -0.2) is 4.79 Å². The lowest BCUT2D eigenvalue weighted by Crippen LogP contribution is -2.23. The molecule has 1 atom stereocenters. The maximum Gasteiger partial charge on any atom is 0.339 e. The van der Waals surface area contributed by atoms with E-state index in [1.807, 2.05) is 18.2 Å². The summed E-state index contributed by atoms with van der Waals surface area (Å²) in [5.41, 5.74) is 2.83. The molecule has 0 aliphatic rings.